The summed E-state index contributed by atoms with van der Waals surface area (Å²) in [7, 11) is 0. The van der Waals surface area contributed by atoms with Gasteiger partial charge in [-0.3, -0.25) is 5.43 Å². The van der Waals surface area contributed by atoms with E-state index in [2.05, 4.69) is 15.8 Å². The van der Waals surface area contributed by atoms with E-state index in [0.29, 0.717) is 10.9 Å². The van der Waals surface area contributed by atoms with E-state index in [1.165, 1.54) is 44.2 Å². The first-order valence-electron chi connectivity index (χ1n) is 8.86. The monoisotopic (exact) mass is 339 g/mol. The lowest BCUT2D eigenvalue weighted by molar-refractivity contribution is 0.156. The molecular formula is C18H27ClFN3. The zero-order valence-corrected chi connectivity index (χ0v) is 14.4. The predicted molar refractivity (Wildman–Crippen MR) is 93.2 cm³/mol. The fourth-order valence-electron chi connectivity index (χ4n) is 3.84. The second-order valence-electron chi connectivity index (χ2n) is 6.82. The minimum Gasteiger partial charge on any atom is -0.314 e. The number of rotatable bonds is 5. The average Bonchev–Trinajstić information content (AvgIpc) is 2.57. The number of hydrazine groups is 1. The van der Waals surface area contributed by atoms with Crippen molar-refractivity contribution in [1.82, 2.24) is 15.8 Å². The first kappa shape index (κ1) is 17.2. The van der Waals surface area contributed by atoms with Crippen LogP contribution in [0.3, 0.4) is 0 Å². The summed E-state index contributed by atoms with van der Waals surface area (Å²) in [5, 5.41) is 6.29. The van der Waals surface area contributed by atoms with E-state index >= 15 is 0 Å². The molecule has 128 valence electrons. The van der Waals surface area contributed by atoms with Crippen molar-refractivity contribution in [3.05, 3.63) is 34.6 Å². The first-order valence-corrected chi connectivity index (χ1v) is 9.24. The molecule has 1 aromatic carbocycles. The van der Waals surface area contributed by atoms with E-state index in [0.717, 1.165) is 44.2 Å². The summed E-state index contributed by atoms with van der Waals surface area (Å²) in [4.78, 5) is 0. The van der Waals surface area contributed by atoms with Crippen molar-refractivity contribution in [2.75, 3.05) is 32.7 Å². The summed E-state index contributed by atoms with van der Waals surface area (Å²) in [6.07, 6.45) is 6.09. The van der Waals surface area contributed by atoms with Gasteiger partial charge in [-0.2, -0.15) is 0 Å². The van der Waals surface area contributed by atoms with Crippen LogP contribution in [-0.2, 0) is 0 Å². The number of nitrogens with one attached hydrogen (secondary N) is 2. The Bertz CT molecular complexity index is 497. The van der Waals surface area contributed by atoms with Crippen molar-refractivity contribution in [2.45, 2.75) is 38.0 Å². The van der Waals surface area contributed by atoms with E-state index in [9.17, 15) is 4.39 Å². The number of hydrogen-bond donors (Lipinski definition) is 2. The summed E-state index contributed by atoms with van der Waals surface area (Å²) in [6.45, 7) is 5.42. The molecule has 1 heterocycles. The third-order valence-corrected chi connectivity index (χ3v) is 5.58. The summed E-state index contributed by atoms with van der Waals surface area (Å²) >= 11 is 6.21. The molecule has 1 saturated carbocycles. The molecule has 1 saturated heterocycles. The Morgan fingerprint density at radius 1 is 1.17 bits per heavy atom. The molecule has 0 aromatic heterocycles. The molecule has 23 heavy (non-hydrogen) atoms. The maximum absolute atomic E-state index is 13.2. The molecule has 1 aromatic rings. The van der Waals surface area contributed by atoms with Gasteiger partial charge in [-0.1, -0.05) is 17.7 Å². The fourth-order valence-corrected chi connectivity index (χ4v) is 4.17. The van der Waals surface area contributed by atoms with Gasteiger partial charge >= 0.3 is 0 Å². The number of halogens is 2. The smallest absolute Gasteiger partial charge is 0.124 e. The van der Waals surface area contributed by atoms with Crippen LogP contribution < -0.4 is 10.7 Å². The molecule has 2 fully saturated rings. The van der Waals surface area contributed by atoms with Gasteiger partial charge in [-0.25, -0.2) is 9.40 Å². The van der Waals surface area contributed by atoms with Gasteiger partial charge in [0.25, 0.3) is 0 Å². The molecule has 0 atom stereocenters. The minimum absolute atomic E-state index is 0.244. The van der Waals surface area contributed by atoms with Crippen LogP contribution >= 0.6 is 11.6 Å². The maximum Gasteiger partial charge on any atom is 0.124 e. The molecule has 0 radical (unpaired) electrons. The van der Waals surface area contributed by atoms with E-state index in [4.69, 9.17) is 11.6 Å². The highest BCUT2D eigenvalue weighted by molar-refractivity contribution is 6.31. The Labute approximate surface area is 143 Å². The number of piperazine rings is 1. The second kappa shape index (κ2) is 8.43. The molecular weight excluding hydrogens is 313 g/mol. The van der Waals surface area contributed by atoms with Gasteiger partial charge in [-0.15, -0.1) is 0 Å². The van der Waals surface area contributed by atoms with Crippen LogP contribution in [0.4, 0.5) is 4.39 Å². The van der Waals surface area contributed by atoms with Crippen molar-refractivity contribution in [3.8, 4) is 0 Å². The van der Waals surface area contributed by atoms with Crippen molar-refractivity contribution in [2.24, 2.45) is 5.92 Å². The van der Waals surface area contributed by atoms with Crippen molar-refractivity contribution in [1.29, 1.82) is 0 Å². The van der Waals surface area contributed by atoms with Gasteiger partial charge in [0.1, 0.15) is 5.82 Å². The molecule has 3 rings (SSSR count). The fraction of sp³-hybridized carbons (Fsp3) is 0.667. The molecule has 0 amide bonds. The zero-order valence-electron chi connectivity index (χ0n) is 13.7. The Kier molecular flexibility index (Phi) is 6.29. The lowest BCUT2D eigenvalue weighted by atomic mass is 9.77. The lowest BCUT2D eigenvalue weighted by Crippen LogP contribution is -2.50. The van der Waals surface area contributed by atoms with Gasteiger partial charge in [0, 0.05) is 37.7 Å². The number of nitrogens with zero attached hydrogens (tertiary/aromatic N) is 1. The molecule has 0 unspecified atom stereocenters. The zero-order chi connectivity index (χ0) is 16.1. The largest absolute Gasteiger partial charge is 0.314 e. The minimum atomic E-state index is -0.244. The van der Waals surface area contributed by atoms with Gasteiger partial charge in [0.2, 0.25) is 0 Å². The van der Waals surface area contributed by atoms with Crippen LogP contribution in [0.1, 0.15) is 43.6 Å². The predicted octanol–water partition coefficient (Wildman–Crippen LogP) is 3.55. The molecule has 2 aliphatic rings. The van der Waals surface area contributed by atoms with Crippen LogP contribution in [0.2, 0.25) is 5.02 Å². The molecule has 3 nitrogen and oxygen atoms in total. The summed E-state index contributed by atoms with van der Waals surface area (Å²) in [6, 6.07) is 4.85. The van der Waals surface area contributed by atoms with Gasteiger partial charge in [0.05, 0.1) is 0 Å². The number of hydrogen-bond acceptors (Lipinski definition) is 3. The van der Waals surface area contributed by atoms with Gasteiger partial charge < -0.3 is 5.32 Å². The molecule has 2 N–H and O–H groups in total. The van der Waals surface area contributed by atoms with Crippen molar-refractivity contribution in [3.63, 3.8) is 0 Å². The van der Waals surface area contributed by atoms with E-state index < -0.39 is 0 Å². The summed E-state index contributed by atoms with van der Waals surface area (Å²) in [5.74, 6) is 1.06. The van der Waals surface area contributed by atoms with Crippen LogP contribution in [0, 0.1) is 11.7 Å². The third-order valence-electron chi connectivity index (χ3n) is 5.25. The van der Waals surface area contributed by atoms with Crippen LogP contribution in [0.25, 0.3) is 0 Å². The Morgan fingerprint density at radius 3 is 2.61 bits per heavy atom. The highest BCUT2D eigenvalue weighted by Crippen LogP contribution is 2.39. The standard InChI is InChI=1S/C18H27ClFN3/c19-18-13-16(20)5-6-17(18)15-3-1-14(2-4-15)7-8-22-23-11-9-21-10-12-23/h5-6,13-15,21-22H,1-4,7-12H2. The van der Waals surface area contributed by atoms with Crippen LogP contribution in [-0.4, -0.2) is 37.7 Å². The summed E-state index contributed by atoms with van der Waals surface area (Å²) in [5.41, 5.74) is 4.69. The van der Waals surface area contributed by atoms with Crippen LogP contribution in [0.15, 0.2) is 18.2 Å². The molecule has 1 aliphatic carbocycles. The molecule has 0 bridgehead atoms. The Morgan fingerprint density at radius 2 is 1.91 bits per heavy atom. The van der Waals surface area contributed by atoms with E-state index in [-0.39, 0.29) is 5.82 Å². The third kappa shape index (κ3) is 4.90. The van der Waals surface area contributed by atoms with E-state index in [1.54, 1.807) is 0 Å². The first-order chi connectivity index (χ1) is 11.2. The summed E-state index contributed by atoms with van der Waals surface area (Å²) < 4.78 is 13.2. The Balaban J connectivity index is 1.39. The lowest BCUT2D eigenvalue weighted by Gasteiger charge is -2.31. The number of benzene rings is 1. The molecule has 0 spiro atoms. The van der Waals surface area contributed by atoms with Crippen LogP contribution in [0.5, 0.6) is 0 Å². The molecule has 1 aliphatic heterocycles. The van der Waals surface area contributed by atoms with E-state index in [1.807, 2.05) is 6.07 Å². The Hall–Kier alpha value is -0.680. The van der Waals surface area contributed by atoms with Crippen molar-refractivity contribution >= 4 is 11.6 Å². The SMILES string of the molecule is Fc1ccc(C2CCC(CCNN3CCNCC3)CC2)c(Cl)c1. The average molecular weight is 340 g/mol. The molecule has 5 heteroatoms. The van der Waals surface area contributed by atoms with Gasteiger partial charge in [-0.05, 0) is 61.6 Å². The quantitative estimate of drug-likeness (QED) is 0.859. The topological polar surface area (TPSA) is 27.3 Å². The highest BCUT2D eigenvalue weighted by atomic mass is 35.5. The maximum atomic E-state index is 13.2. The second-order valence-corrected chi connectivity index (χ2v) is 7.22. The van der Waals surface area contributed by atoms with Gasteiger partial charge in [0.15, 0.2) is 0 Å². The van der Waals surface area contributed by atoms with Crippen molar-refractivity contribution < 1.29 is 4.39 Å². The highest BCUT2D eigenvalue weighted by Gasteiger charge is 2.24. The normalized spacial score (nSPS) is 26.3.